The molecular weight excluding hydrogens is 206 g/mol. The SMILES string of the molecule is COc1cc(C)nc(NCc2cn[nH]c2)n1. The van der Waals surface area contributed by atoms with Crippen LogP contribution in [0.1, 0.15) is 11.3 Å². The number of nitrogens with zero attached hydrogens (tertiary/aromatic N) is 3. The summed E-state index contributed by atoms with van der Waals surface area (Å²) in [6.45, 7) is 2.52. The molecule has 0 aliphatic heterocycles. The Morgan fingerprint density at radius 1 is 1.44 bits per heavy atom. The Morgan fingerprint density at radius 3 is 3.00 bits per heavy atom. The molecule has 0 saturated heterocycles. The molecule has 2 aromatic heterocycles. The molecule has 0 aromatic carbocycles. The first-order valence-corrected chi connectivity index (χ1v) is 4.89. The van der Waals surface area contributed by atoms with Gasteiger partial charge < -0.3 is 10.1 Å². The van der Waals surface area contributed by atoms with Crippen LogP contribution >= 0.6 is 0 Å². The Hall–Kier alpha value is -2.11. The number of ether oxygens (including phenoxy) is 1. The highest BCUT2D eigenvalue weighted by Crippen LogP contribution is 2.11. The van der Waals surface area contributed by atoms with Gasteiger partial charge in [0, 0.05) is 30.1 Å². The van der Waals surface area contributed by atoms with Crippen molar-refractivity contribution in [3.05, 3.63) is 29.7 Å². The Morgan fingerprint density at radius 2 is 2.31 bits per heavy atom. The summed E-state index contributed by atoms with van der Waals surface area (Å²) in [6.07, 6.45) is 3.57. The normalized spacial score (nSPS) is 10.1. The average Bonchev–Trinajstić information content (AvgIpc) is 2.78. The van der Waals surface area contributed by atoms with Crippen molar-refractivity contribution >= 4 is 5.95 Å². The minimum absolute atomic E-state index is 0.554. The molecule has 16 heavy (non-hydrogen) atoms. The summed E-state index contributed by atoms with van der Waals surface area (Å²) in [6, 6.07) is 1.78. The number of rotatable bonds is 4. The lowest BCUT2D eigenvalue weighted by Crippen LogP contribution is -2.04. The lowest BCUT2D eigenvalue weighted by atomic mass is 10.4. The zero-order chi connectivity index (χ0) is 11.4. The summed E-state index contributed by atoms with van der Waals surface area (Å²) < 4.78 is 5.06. The van der Waals surface area contributed by atoms with E-state index in [9.17, 15) is 0 Å². The molecule has 2 heterocycles. The van der Waals surface area contributed by atoms with Gasteiger partial charge in [-0.3, -0.25) is 5.10 Å². The summed E-state index contributed by atoms with van der Waals surface area (Å²) in [5, 5.41) is 9.70. The van der Waals surface area contributed by atoms with Crippen molar-refractivity contribution in [1.29, 1.82) is 0 Å². The van der Waals surface area contributed by atoms with Gasteiger partial charge in [0.05, 0.1) is 13.3 Å². The van der Waals surface area contributed by atoms with E-state index in [2.05, 4.69) is 25.5 Å². The van der Waals surface area contributed by atoms with Gasteiger partial charge in [-0.1, -0.05) is 0 Å². The van der Waals surface area contributed by atoms with Crippen LogP contribution in [0.4, 0.5) is 5.95 Å². The summed E-state index contributed by atoms with van der Waals surface area (Å²) in [5.74, 6) is 1.11. The van der Waals surface area contributed by atoms with Crippen LogP contribution < -0.4 is 10.1 Å². The minimum Gasteiger partial charge on any atom is -0.481 e. The second kappa shape index (κ2) is 4.61. The van der Waals surface area contributed by atoms with Gasteiger partial charge in [0.15, 0.2) is 0 Å². The molecular formula is C10H13N5O. The molecule has 0 atom stereocenters. The molecule has 0 bridgehead atoms. The molecule has 0 spiro atoms. The Kier molecular flexibility index (Phi) is 3.00. The van der Waals surface area contributed by atoms with Crippen molar-refractivity contribution in [2.75, 3.05) is 12.4 Å². The number of hydrogen-bond donors (Lipinski definition) is 2. The van der Waals surface area contributed by atoms with Crippen LogP contribution in [0.2, 0.25) is 0 Å². The molecule has 0 saturated carbocycles. The van der Waals surface area contributed by atoms with E-state index in [-0.39, 0.29) is 0 Å². The van der Waals surface area contributed by atoms with Gasteiger partial charge in [-0.05, 0) is 6.92 Å². The fourth-order valence-corrected chi connectivity index (χ4v) is 1.28. The molecule has 0 aliphatic rings. The van der Waals surface area contributed by atoms with Crippen molar-refractivity contribution in [1.82, 2.24) is 20.2 Å². The maximum atomic E-state index is 5.06. The molecule has 0 fully saturated rings. The van der Waals surface area contributed by atoms with Crippen LogP contribution in [-0.4, -0.2) is 27.3 Å². The zero-order valence-electron chi connectivity index (χ0n) is 9.19. The molecule has 0 unspecified atom stereocenters. The van der Waals surface area contributed by atoms with Gasteiger partial charge in [-0.15, -0.1) is 0 Å². The highest BCUT2D eigenvalue weighted by atomic mass is 16.5. The third-order valence-electron chi connectivity index (χ3n) is 2.05. The Labute approximate surface area is 93.1 Å². The summed E-state index contributed by atoms with van der Waals surface area (Å²) in [4.78, 5) is 8.42. The van der Waals surface area contributed by atoms with Crippen LogP contribution in [0.25, 0.3) is 0 Å². The quantitative estimate of drug-likeness (QED) is 0.806. The van der Waals surface area contributed by atoms with E-state index in [0.29, 0.717) is 18.4 Å². The number of hydrogen-bond acceptors (Lipinski definition) is 5. The number of anilines is 1. The largest absolute Gasteiger partial charge is 0.481 e. The first-order chi connectivity index (χ1) is 7.78. The van der Waals surface area contributed by atoms with Crippen LogP contribution in [-0.2, 0) is 6.54 Å². The molecule has 6 nitrogen and oxygen atoms in total. The van der Waals surface area contributed by atoms with Crippen molar-refractivity contribution in [2.24, 2.45) is 0 Å². The predicted molar refractivity (Wildman–Crippen MR) is 59.2 cm³/mol. The first kappa shape index (κ1) is 10.4. The van der Waals surface area contributed by atoms with Crippen LogP contribution in [0.5, 0.6) is 5.88 Å². The topological polar surface area (TPSA) is 75.7 Å². The fraction of sp³-hybridized carbons (Fsp3) is 0.300. The van der Waals surface area contributed by atoms with Gasteiger partial charge in [0.1, 0.15) is 0 Å². The second-order valence-corrected chi connectivity index (χ2v) is 3.34. The lowest BCUT2D eigenvalue weighted by molar-refractivity contribution is 0.397. The fourth-order valence-electron chi connectivity index (χ4n) is 1.28. The molecule has 84 valence electrons. The van der Waals surface area contributed by atoms with Gasteiger partial charge >= 0.3 is 0 Å². The summed E-state index contributed by atoms with van der Waals surface area (Å²) in [7, 11) is 1.58. The van der Waals surface area contributed by atoms with E-state index in [0.717, 1.165) is 11.3 Å². The monoisotopic (exact) mass is 219 g/mol. The smallest absolute Gasteiger partial charge is 0.226 e. The minimum atomic E-state index is 0.554. The van der Waals surface area contributed by atoms with Gasteiger partial charge in [0.2, 0.25) is 11.8 Å². The summed E-state index contributed by atoms with van der Waals surface area (Å²) >= 11 is 0. The molecule has 2 rings (SSSR count). The van der Waals surface area contributed by atoms with Crippen molar-refractivity contribution in [3.8, 4) is 5.88 Å². The number of aromatic nitrogens is 4. The number of aryl methyl sites for hydroxylation is 1. The van der Waals surface area contributed by atoms with Crippen molar-refractivity contribution in [3.63, 3.8) is 0 Å². The predicted octanol–water partition coefficient (Wildman–Crippen LogP) is 1.13. The van der Waals surface area contributed by atoms with Gasteiger partial charge in [0.25, 0.3) is 0 Å². The number of methoxy groups -OCH3 is 1. The van der Waals surface area contributed by atoms with Crippen molar-refractivity contribution < 1.29 is 4.74 Å². The average molecular weight is 219 g/mol. The third-order valence-corrected chi connectivity index (χ3v) is 2.05. The van der Waals surface area contributed by atoms with E-state index in [1.54, 1.807) is 19.4 Å². The molecule has 6 heteroatoms. The molecule has 0 radical (unpaired) electrons. The van der Waals surface area contributed by atoms with E-state index in [1.807, 2.05) is 13.1 Å². The molecule has 0 amide bonds. The van der Waals surface area contributed by atoms with Crippen LogP contribution in [0.15, 0.2) is 18.5 Å². The molecule has 0 aliphatic carbocycles. The molecule has 2 aromatic rings. The highest BCUT2D eigenvalue weighted by molar-refractivity contribution is 5.31. The Bertz CT molecular complexity index is 454. The molecule has 2 N–H and O–H groups in total. The van der Waals surface area contributed by atoms with E-state index in [4.69, 9.17) is 4.74 Å². The maximum absolute atomic E-state index is 5.06. The van der Waals surface area contributed by atoms with Crippen LogP contribution in [0, 0.1) is 6.92 Å². The third kappa shape index (κ3) is 2.47. The van der Waals surface area contributed by atoms with E-state index < -0.39 is 0 Å². The maximum Gasteiger partial charge on any atom is 0.226 e. The standard InChI is InChI=1S/C10H13N5O/c1-7-3-9(16-2)15-10(14-7)11-4-8-5-12-13-6-8/h3,5-6H,4H2,1-2H3,(H,12,13)(H,11,14,15). The first-order valence-electron chi connectivity index (χ1n) is 4.89. The Balaban J connectivity index is 2.06. The van der Waals surface area contributed by atoms with Crippen LogP contribution in [0.3, 0.4) is 0 Å². The van der Waals surface area contributed by atoms with E-state index in [1.165, 1.54) is 0 Å². The van der Waals surface area contributed by atoms with Crippen molar-refractivity contribution in [2.45, 2.75) is 13.5 Å². The number of nitrogens with one attached hydrogen (secondary N) is 2. The highest BCUT2D eigenvalue weighted by Gasteiger charge is 2.02. The number of aromatic amines is 1. The summed E-state index contributed by atoms with van der Waals surface area (Å²) in [5.41, 5.74) is 1.91. The zero-order valence-corrected chi connectivity index (χ0v) is 9.19. The van der Waals surface area contributed by atoms with E-state index >= 15 is 0 Å². The van der Waals surface area contributed by atoms with Gasteiger partial charge in [-0.2, -0.15) is 10.1 Å². The number of H-pyrrole nitrogens is 1. The van der Waals surface area contributed by atoms with Gasteiger partial charge in [-0.25, -0.2) is 4.98 Å². The lowest BCUT2D eigenvalue weighted by Gasteiger charge is -2.06. The second-order valence-electron chi connectivity index (χ2n) is 3.34.